The molecule has 4 heteroatoms. The number of aryl methyl sites for hydroxylation is 1. The molecule has 0 aliphatic carbocycles. The molecule has 0 aliphatic heterocycles. The molecule has 4 nitrogen and oxygen atoms in total. The van der Waals surface area contributed by atoms with E-state index < -0.39 is 0 Å². The molecule has 0 radical (unpaired) electrons. The van der Waals surface area contributed by atoms with Crippen molar-refractivity contribution in [1.82, 2.24) is 15.0 Å². The van der Waals surface area contributed by atoms with Gasteiger partial charge in [-0.2, -0.15) is 0 Å². The number of hydrogen-bond acceptors (Lipinski definition) is 4. The summed E-state index contributed by atoms with van der Waals surface area (Å²) in [4.78, 5) is 15.3. The number of para-hydroxylation sites is 2. The average molecular weight is 250 g/mol. The number of aromatic nitrogens is 3. The zero-order valence-corrected chi connectivity index (χ0v) is 10.9. The summed E-state index contributed by atoms with van der Waals surface area (Å²) in [5.41, 5.74) is 2.96. The predicted octanol–water partition coefficient (Wildman–Crippen LogP) is 3.10. The van der Waals surface area contributed by atoms with Gasteiger partial charge in [0.15, 0.2) is 5.82 Å². The quantitative estimate of drug-likeness (QED) is 0.701. The van der Waals surface area contributed by atoms with Gasteiger partial charge in [-0.1, -0.05) is 12.1 Å². The third-order valence-electron chi connectivity index (χ3n) is 3.02. The Morgan fingerprint density at radius 1 is 0.947 bits per heavy atom. The smallest absolute Gasteiger partial charge is 0.153 e. The summed E-state index contributed by atoms with van der Waals surface area (Å²) in [7, 11) is 1.94. The highest BCUT2D eigenvalue weighted by Gasteiger charge is 2.08. The van der Waals surface area contributed by atoms with E-state index in [0.717, 1.165) is 22.7 Å². The molecule has 0 amide bonds. The molecule has 0 spiro atoms. The fourth-order valence-corrected chi connectivity index (χ4v) is 1.93. The normalized spacial score (nSPS) is 10.6. The lowest BCUT2D eigenvalue weighted by Crippen LogP contribution is -2.13. The third kappa shape index (κ3) is 2.25. The van der Waals surface area contributed by atoms with E-state index in [-0.39, 0.29) is 0 Å². The van der Waals surface area contributed by atoms with Crippen LogP contribution in [-0.4, -0.2) is 22.0 Å². The molecule has 3 rings (SSSR count). The monoisotopic (exact) mass is 250 g/mol. The maximum Gasteiger partial charge on any atom is 0.153 e. The number of pyridine rings is 1. The second kappa shape index (κ2) is 4.65. The van der Waals surface area contributed by atoms with Gasteiger partial charge in [-0.25, -0.2) is 9.97 Å². The fourth-order valence-electron chi connectivity index (χ4n) is 1.93. The standard InChI is InChI=1S/C15H14N4/c1-11-7-8-16-14(9-11)19(2)15-10-17-12-5-3-4-6-13(12)18-15/h3-10H,1-2H3. The van der Waals surface area contributed by atoms with Gasteiger partial charge in [0.1, 0.15) is 5.82 Å². The lowest BCUT2D eigenvalue weighted by Gasteiger charge is -2.17. The zero-order valence-electron chi connectivity index (χ0n) is 10.9. The van der Waals surface area contributed by atoms with Crippen LogP contribution >= 0.6 is 0 Å². The molecule has 3 aromatic rings. The van der Waals surface area contributed by atoms with Crippen molar-refractivity contribution in [2.45, 2.75) is 6.92 Å². The molecule has 19 heavy (non-hydrogen) atoms. The Morgan fingerprint density at radius 3 is 2.53 bits per heavy atom. The Morgan fingerprint density at radius 2 is 1.74 bits per heavy atom. The number of anilines is 2. The Hall–Kier alpha value is -2.49. The maximum atomic E-state index is 4.60. The van der Waals surface area contributed by atoms with Gasteiger partial charge in [0, 0.05) is 13.2 Å². The molecule has 0 bridgehead atoms. The highest BCUT2D eigenvalue weighted by atomic mass is 15.2. The van der Waals surface area contributed by atoms with E-state index >= 15 is 0 Å². The first-order chi connectivity index (χ1) is 9.24. The van der Waals surface area contributed by atoms with Crippen molar-refractivity contribution in [2.75, 3.05) is 11.9 Å². The van der Waals surface area contributed by atoms with Gasteiger partial charge in [-0.3, -0.25) is 4.98 Å². The van der Waals surface area contributed by atoms with Crippen molar-refractivity contribution in [3.05, 3.63) is 54.4 Å². The van der Waals surface area contributed by atoms with Crippen LogP contribution in [0.15, 0.2) is 48.8 Å². The molecule has 94 valence electrons. The van der Waals surface area contributed by atoms with E-state index in [2.05, 4.69) is 15.0 Å². The Kier molecular flexibility index (Phi) is 2.83. The third-order valence-corrected chi connectivity index (χ3v) is 3.02. The van der Waals surface area contributed by atoms with Crippen LogP contribution in [0, 0.1) is 6.92 Å². The molecule has 0 unspecified atom stereocenters. The van der Waals surface area contributed by atoms with Crippen LogP contribution in [0.2, 0.25) is 0 Å². The predicted molar refractivity (Wildman–Crippen MR) is 76.6 cm³/mol. The topological polar surface area (TPSA) is 41.9 Å². The summed E-state index contributed by atoms with van der Waals surface area (Å²) in [6.45, 7) is 2.05. The Balaban J connectivity index is 2.04. The SMILES string of the molecule is Cc1ccnc(N(C)c2cnc3ccccc3n2)c1. The number of nitrogens with zero attached hydrogens (tertiary/aromatic N) is 4. The molecule has 0 aliphatic rings. The van der Waals surface area contributed by atoms with E-state index in [0.29, 0.717) is 0 Å². The molecule has 2 aromatic heterocycles. The average Bonchev–Trinajstić information content (AvgIpc) is 2.46. The summed E-state index contributed by atoms with van der Waals surface area (Å²) >= 11 is 0. The van der Waals surface area contributed by atoms with Crippen molar-refractivity contribution >= 4 is 22.7 Å². The van der Waals surface area contributed by atoms with Gasteiger partial charge >= 0.3 is 0 Å². The molecule has 0 saturated heterocycles. The van der Waals surface area contributed by atoms with Crippen LogP contribution < -0.4 is 4.90 Å². The van der Waals surface area contributed by atoms with Gasteiger partial charge in [0.25, 0.3) is 0 Å². The van der Waals surface area contributed by atoms with Crippen molar-refractivity contribution in [1.29, 1.82) is 0 Å². The first-order valence-electron chi connectivity index (χ1n) is 6.12. The maximum absolute atomic E-state index is 4.60. The lowest BCUT2D eigenvalue weighted by atomic mass is 10.3. The molecule has 0 saturated carbocycles. The minimum Gasteiger partial charge on any atom is -0.313 e. The second-order valence-corrected chi connectivity index (χ2v) is 4.47. The minimum atomic E-state index is 0.789. The largest absolute Gasteiger partial charge is 0.313 e. The van der Waals surface area contributed by atoms with E-state index in [1.54, 1.807) is 12.4 Å². The fraction of sp³-hybridized carbons (Fsp3) is 0.133. The van der Waals surface area contributed by atoms with Crippen molar-refractivity contribution in [2.24, 2.45) is 0 Å². The molecule has 0 fully saturated rings. The van der Waals surface area contributed by atoms with Gasteiger partial charge < -0.3 is 4.90 Å². The van der Waals surface area contributed by atoms with Crippen LogP contribution in [0.5, 0.6) is 0 Å². The van der Waals surface area contributed by atoms with Crippen molar-refractivity contribution in [3.8, 4) is 0 Å². The highest BCUT2D eigenvalue weighted by Crippen LogP contribution is 2.21. The molecule has 0 atom stereocenters. The van der Waals surface area contributed by atoms with Crippen molar-refractivity contribution < 1.29 is 0 Å². The molecular formula is C15H14N4. The lowest BCUT2D eigenvalue weighted by molar-refractivity contribution is 1.07. The first kappa shape index (κ1) is 11.6. The summed E-state index contributed by atoms with van der Waals surface area (Å²) in [5.74, 6) is 1.65. The Bertz CT molecular complexity index is 724. The summed E-state index contributed by atoms with van der Waals surface area (Å²) in [6, 6.07) is 11.8. The number of rotatable bonds is 2. The summed E-state index contributed by atoms with van der Waals surface area (Å²) in [5, 5.41) is 0. The first-order valence-corrected chi connectivity index (χ1v) is 6.12. The van der Waals surface area contributed by atoms with Crippen LogP contribution in [-0.2, 0) is 0 Å². The van der Waals surface area contributed by atoms with Crippen LogP contribution in [0.25, 0.3) is 11.0 Å². The van der Waals surface area contributed by atoms with Gasteiger partial charge in [0.2, 0.25) is 0 Å². The summed E-state index contributed by atoms with van der Waals surface area (Å²) in [6.07, 6.45) is 3.57. The Labute approximate surface area is 111 Å². The van der Waals surface area contributed by atoms with E-state index in [1.807, 2.05) is 55.3 Å². The van der Waals surface area contributed by atoms with Crippen LogP contribution in [0.3, 0.4) is 0 Å². The summed E-state index contributed by atoms with van der Waals surface area (Å²) < 4.78 is 0. The number of hydrogen-bond donors (Lipinski definition) is 0. The highest BCUT2D eigenvalue weighted by molar-refractivity contribution is 5.76. The molecule has 1 aromatic carbocycles. The molecule has 0 N–H and O–H groups in total. The minimum absolute atomic E-state index is 0.789. The van der Waals surface area contributed by atoms with Crippen LogP contribution in [0.1, 0.15) is 5.56 Å². The van der Waals surface area contributed by atoms with E-state index in [1.165, 1.54) is 5.56 Å². The van der Waals surface area contributed by atoms with E-state index in [4.69, 9.17) is 0 Å². The molecule has 2 heterocycles. The van der Waals surface area contributed by atoms with Gasteiger partial charge in [0.05, 0.1) is 17.2 Å². The molecular weight excluding hydrogens is 236 g/mol. The zero-order chi connectivity index (χ0) is 13.2. The number of benzene rings is 1. The van der Waals surface area contributed by atoms with Crippen LogP contribution in [0.4, 0.5) is 11.6 Å². The van der Waals surface area contributed by atoms with Gasteiger partial charge in [-0.05, 0) is 36.8 Å². The second-order valence-electron chi connectivity index (χ2n) is 4.47. The van der Waals surface area contributed by atoms with E-state index in [9.17, 15) is 0 Å². The number of fused-ring (bicyclic) bond motifs is 1. The van der Waals surface area contributed by atoms with Crippen molar-refractivity contribution in [3.63, 3.8) is 0 Å². The van der Waals surface area contributed by atoms with Gasteiger partial charge in [-0.15, -0.1) is 0 Å².